The maximum atomic E-state index is 12.1. The molecule has 0 saturated carbocycles. The van der Waals surface area contributed by atoms with Gasteiger partial charge in [0.25, 0.3) is 5.91 Å². The molecule has 0 heterocycles. The van der Waals surface area contributed by atoms with Crippen LogP contribution >= 0.6 is 0 Å². The molecule has 6 heteroatoms. The van der Waals surface area contributed by atoms with Crippen LogP contribution in [0.1, 0.15) is 29.3 Å². The second-order valence-electron chi connectivity index (χ2n) is 5.49. The Labute approximate surface area is 152 Å². The zero-order chi connectivity index (χ0) is 18.9. The summed E-state index contributed by atoms with van der Waals surface area (Å²) in [5.41, 5.74) is 6.71. The van der Waals surface area contributed by atoms with Gasteiger partial charge < -0.3 is 20.5 Å². The zero-order valence-corrected chi connectivity index (χ0v) is 14.8. The van der Waals surface area contributed by atoms with Crippen LogP contribution in [-0.4, -0.2) is 25.5 Å². The summed E-state index contributed by atoms with van der Waals surface area (Å²) >= 11 is 0. The lowest BCUT2D eigenvalue weighted by Gasteiger charge is -2.10. The molecule has 2 aromatic rings. The molecule has 0 aliphatic heterocycles. The van der Waals surface area contributed by atoms with E-state index in [4.69, 9.17) is 15.2 Å². The van der Waals surface area contributed by atoms with Crippen LogP contribution < -0.4 is 20.5 Å². The van der Waals surface area contributed by atoms with Gasteiger partial charge in [-0.1, -0.05) is 25.1 Å². The van der Waals surface area contributed by atoms with Crippen molar-refractivity contribution in [3.05, 3.63) is 59.7 Å². The van der Waals surface area contributed by atoms with Gasteiger partial charge in [-0.3, -0.25) is 9.59 Å². The number of carbonyl (C=O) groups excluding carboxylic acids is 2. The fourth-order valence-electron chi connectivity index (χ4n) is 2.27. The first kappa shape index (κ1) is 19.1. The summed E-state index contributed by atoms with van der Waals surface area (Å²) in [5, 5.41) is 2.65. The fourth-order valence-corrected chi connectivity index (χ4v) is 2.27. The van der Waals surface area contributed by atoms with Crippen LogP contribution in [0.5, 0.6) is 11.5 Å². The molecule has 0 saturated heterocycles. The van der Waals surface area contributed by atoms with E-state index in [1.54, 1.807) is 49.6 Å². The Morgan fingerprint density at radius 1 is 1.15 bits per heavy atom. The molecule has 0 aromatic heterocycles. The van der Waals surface area contributed by atoms with Crippen molar-refractivity contribution in [3.8, 4) is 11.5 Å². The number of amides is 2. The Balaban J connectivity index is 2.09. The molecule has 2 aromatic carbocycles. The molecule has 2 rings (SSSR count). The van der Waals surface area contributed by atoms with Gasteiger partial charge >= 0.3 is 0 Å². The second kappa shape index (κ2) is 9.27. The first-order valence-corrected chi connectivity index (χ1v) is 8.24. The summed E-state index contributed by atoms with van der Waals surface area (Å²) in [5.74, 6) is 0.285. The number of benzene rings is 2. The lowest BCUT2D eigenvalue weighted by molar-refractivity contribution is -0.111. The number of hydrogen-bond donors (Lipinski definition) is 2. The van der Waals surface area contributed by atoms with Gasteiger partial charge in [-0.15, -0.1) is 0 Å². The minimum Gasteiger partial charge on any atom is -0.493 e. The van der Waals surface area contributed by atoms with Crippen LogP contribution in [0, 0.1) is 0 Å². The number of ether oxygens (including phenoxy) is 2. The van der Waals surface area contributed by atoms with Crippen molar-refractivity contribution in [1.29, 1.82) is 0 Å². The summed E-state index contributed by atoms with van der Waals surface area (Å²) in [7, 11) is 1.56. The standard InChI is InChI=1S/C20H22N2O4/c1-3-12-26-17-10-8-14(13-18(17)25-2)9-11-19(23)22-16-7-5-4-6-15(16)20(21)24/h4-11,13H,3,12H2,1-2H3,(H2,21,24)(H,22,23). The van der Waals surface area contributed by atoms with Crippen molar-refractivity contribution in [2.75, 3.05) is 19.0 Å². The van der Waals surface area contributed by atoms with Crippen molar-refractivity contribution < 1.29 is 19.1 Å². The van der Waals surface area contributed by atoms with Crippen LogP contribution in [0.2, 0.25) is 0 Å². The van der Waals surface area contributed by atoms with Crippen molar-refractivity contribution in [2.24, 2.45) is 5.73 Å². The van der Waals surface area contributed by atoms with E-state index in [1.807, 2.05) is 13.0 Å². The van der Waals surface area contributed by atoms with Gasteiger partial charge in [0.05, 0.1) is 25.0 Å². The van der Waals surface area contributed by atoms with E-state index in [9.17, 15) is 9.59 Å². The highest BCUT2D eigenvalue weighted by Crippen LogP contribution is 2.28. The first-order chi connectivity index (χ1) is 12.5. The Bertz CT molecular complexity index is 815. The average molecular weight is 354 g/mol. The van der Waals surface area contributed by atoms with Gasteiger partial charge in [0, 0.05) is 6.08 Å². The molecule has 0 bridgehead atoms. The number of methoxy groups -OCH3 is 1. The quantitative estimate of drug-likeness (QED) is 0.712. The average Bonchev–Trinajstić information content (AvgIpc) is 2.65. The molecular weight excluding hydrogens is 332 g/mol. The molecule has 136 valence electrons. The molecule has 6 nitrogen and oxygen atoms in total. The molecule has 2 amide bonds. The SMILES string of the molecule is CCCOc1ccc(C=CC(=O)Nc2ccccc2C(N)=O)cc1OC. The summed E-state index contributed by atoms with van der Waals surface area (Å²) in [6.07, 6.45) is 3.92. The number of primary amides is 1. The highest BCUT2D eigenvalue weighted by molar-refractivity contribution is 6.07. The summed E-state index contributed by atoms with van der Waals surface area (Å²) < 4.78 is 10.9. The number of carbonyl (C=O) groups is 2. The van der Waals surface area contributed by atoms with E-state index in [2.05, 4.69) is 5.32 Å². The maximum Gasteiger partial charge on any atom is 0.250 e. The third-order valence-electron chi connectivity index (χ3n) is 3.53. The normalized spacial score (nSPS) is 10.5. The molecule has 0 radical (unpaired) electrons. The van der Waals surface area contributed by atoms with Gasteiger partial charge in [-0.2, -0.15) is 0 Å². The molecule has 0 fully saturated rings. The minimum atomic E-state index is -0.600. The van der Waals surface area contributed by atoms with Crippen molar-refractivity contribution in [3.63, 3.8) is 0 Å². The van der Waals surface area contributed by atoms with E-state index in [0.29, 0.717) is 23.8 Å². The Kier molecular flexibility index (Phi) is 6.79. The van der Waals surface area contributed by atoms with Crippen LogP contribution in [-0.2, 0) is 4.79 Å². The Morgan fingerprint density at radius 2 is 1.92 bits per heavy atom. The largest absolute Gasteiger partial charge is 0.493 e. The predicted octanol–water partition coefficient (Wildman–Crippen LogP) is 3.23. The number of anilines is 1. The molecule has 0 spiro atoms. The minimum absolute atomic E-state index is 0.258. The van der Waals surface area contributed by atoms with Gasteiger partial charge in [-0.25, -0.2) is 0 Å². The lowest BCUT2D eigenvalue weighted by atomic mass is 10.1. The molecule has 3 N–H and O–H groups in total. The highest BCUT2D eigenvalue weighted by atomic mass is 16.5. The third-order valence-corrected chi connectivity index (χ3v) is 3.53. The van der Waals surface area contributed by atoms with Crippen molar-refractivity contribution >= 4 is 23.6 Å². The van der Waals surface area contributed by atoms with Crippen LogP contribution in [0.15, 0.2) is 48.5 Å². The van der Waals surface area contributed by atoms with Crippen LogP contribution in [0.3, 0.4) is 0 Å². The van der Waals surface area contributed by atoms with Gasteiger partial charge in [0.2, 0.25) is 5.91 Å². The third kappa shape index (κ3) is 5.11. The fraction of sp³-hybridized carbons (Fsp3) is 0.200. The molecular formula is C20H22N2O4. The molecule has 0 aliphatic carbocycles. The van der Waals surface area contributed by atoms with Gasteiger partial charge in [-0.05, 0) is 42.3 Å². The number of para-hydroxylation sites is 1. The first-order valence-electron chi connectivity index (χ1n) is 8.24. The summed E-state index contributed by atoms with van der Waals surface area (Å²) in [6, 6.07) is 12.0. The van der Waals surface area contributed by atoms with Crippen molar-refractivity contribution in [1.82, 2.24) is 0 Å². The van der Waals surface area contributed by atoms with E-state index < -0.39 is 5.91 Å². The number of nitrogens with two attached hydrogens (primary N) is 1. The molecule has 0 atom stereocenters. The molecule has 26 heavy (non-hydrogen) atoms. The Morgan fingerprint density at radius 3 is 2.62 bits per heavy atom. The summed E-state index contributed by atoms with van der Waals surface area (Å²) in [4.78, 5) is 23.5. The van der Waals surface area contributed by atoms with E-state index in [0.717, 1.165) is 12.0 Å². The van der Waals surface area contributed by atoms with E-state index >= 15 is 0 Å². The highest BCUT2D eigenvalue weighted by Gasteiger charge is 2.09. The van der Waals surface area contributed by atoms with Gasteiger partial charge in [0.15, 0.2) is 11.5 Å². The maximum absolute atomic E-state index is 12.1. The zero-order valence-electron chi connectivity index (χ0n) is 14.8. The van der Waals surface area contributed by atoms with Gasteiger partial charge in [0.1, 0.15) is 0 Å². The number of rotatable bonds is 8. The van der Waals surface area contributed by atoms with E-state index in [1.165, 1.54) is 6.08 Å². The lowest BCUT2D eigenvalue weighted by Crippen LogP contribution is -2.16. The number of hydrogen-bond acceptors (Lipinski definition) is 4. The summed E-state index contributed by atoms with van der Waals surface area (Å²) in [6.45, 7) is 2.63. The predicted molar refractivity (Wildman–Crippen MR) is 101 cm³/mol. The monoisotopic (exact) mass is 354 g/mol. The van der Waals surface area contributed by atoms with Crippen LogP contribution in [0.4, 0.5) is 5.69 Å². The molecule has 0 aliphatic rings. The topological polar surface area (TPSA) is 90.6 Å². The smallest absolute Gasteiger partial charge is 0.250 e. The molecule has 0 unspecified atom stereocenters. The second-order valence-corrected chi connectivity index (χ2v) is 5.49. The Hall–Kier alpha value is -3.28. The van der Waals surface area contributed by atoms with Crippen LogP contribution in [0.25, 0.3) is 6.08 Å². The van der Waals surface area contributed by atoms with Crippen molar-refractivity contribution in [2.45, 2.75) is 13.3 Å². The van der Waals surface area contributed by atoms with E-state index in [-0.39, 0.29) is 11.5 Å². The number of nitrogens with one attached hydrogen (secondary N) is 1.